The Kier molecular flexibility index (Phi) is 3.28. The summed E-state index contributed by atoms with van der Waals surface area (Å²) < 4.78 is 1.46. The molecule has 6 nitrogen and oxygen atoms in total. The summed E-state index contributed by atoms with van der Waals surface area (Å²) >= 11 is 13.6. The van der Waals surface area contributed by atoms with Gasteiger partial charge in [-0.05, 0) is 22.6 Å². The molecule has 0 radical (unpaired) electrons. The number of ketones is 1. The van der Waals surface area contributed by atoms with Gasteiger partial charge in [0.05, 0.1) is 32.7 Å². The molecule has 4 rings (SSSR count). The van der Waals surface area contributed by atoms with Gasteiger partial charge >= 0.3 is 0 Å². The van der Waals surface area contributed by atoms with Crippen molar-refractivity contribution in [2.24, 2.45) is 0 Å². The van der Waals surface area contributed by atoms with Crippen LogP contribution in [-0.4, -0.2) is 36.6 Å². The molecule has 22 heavy (non-hydrogen) atoms. The number of tetrazole rings is 1. The Morgan fingerprint density at radius 3 is 2.86 bits per heavy atom. The topological polar surface area (TPSA) is 73.0 Å². The van der Waals surface area contributed by atoms with Crippen LogP contribution in [0.2, 0.25) is 10.0 Å². The number of halogens is 2. The van der Waals surface area contributed by atoms with E-state index >= 15 is 0 Å². The third-order valence-electron chi connectivity index (χ3n) is 3.37. The van der Waals surface area contributed by atoms with E-state index < -0.39 is 0 Å². The van der Waals surface area contributed by atoms with E-state index in [4.69, 9.17) is 23.2 Å². The lowest BCUT2D eigenvalue weighted by atomic mass is 10.0. The SMILES string of the molecule is O=C1CSCc2nc3nnnn3c(-c3ccc(Cl)c(Cl)c3)c21. The summed E-state index contributed by atoms with van der Waals surface area (Å²) in [5.41, 5.74) is 2.58. The zero-order chi connectivity index (χ0) is 15.3. The molecule has 1 aliphatic heterocycles. The fourth-order valence-corrected chi connectivity index (χ4v) is 3.57. The second-order valence-electron chi connectivity index (χ2n) is 4.72. The van der Waals surface area contributed by atoms with Crippen LogP contribution < -0.4 is 0 Å². The molecule has 0 bridgehead atoms. The molecule has 0 atom stereocenters. The maximum absolute atomic E-state index is 12.4. The van der Waals surface area contributed by atoms with Gasteiger partial charge in [0.15, 0.2) is 5.78 Å². The van der Waals surface area contributed by atoms with Crippen molar-refractivity contribution in [1.29, 1.82) is 0 Å². The molecule has 0 amide bonds. The molecule has 0 unspecified atom stereocenters. The number of carbonyl (C=O) groups excluding carboxylic acids is 1. The Hall–Kier alpha value is -1.70. The lowest BCUT2D eigenvalue weighted by Gasteiger charge is -2.17. The molecule has 0 saturated heterocycles. The summed E-state index contributed by atoms with van der Waals surface area (Å²) in [6.45, 7) is 0. The van der Waals surface area contributed by atoms with E-state index in [0.29, 0.717) is 44.3 Å². The van der Waals surface area contributed by atoms with Crippen LogP contribution in [0.1, 0.15) is 16.1 Å². The smallest absolute Gasteiger partial charge is 0.274 e. The van der Waals surface area contributed by atoms with Crippen LogP contribution in [0.4, 0.5) is 0 Å². The molecule has 110 valence electrons. The van der Waals surface area contributed by atoms with Crippen LogP contribution in [0, 0.1) is 0 Å². The van der Waals surface area contributed by atoms with Gasteiger partial charge in [-0.3, -0.25) is 4.79 Å². The molecule has 0 N–H and O–H groups in total. The maximum atomic E-state index is 12.4. The van der Waals surface area contributed by atoms with Gasteiger partial charge in [-0.25, -0.2) is 4.98 Å². The number of fused-ring (bicyclic) bond motifs is 2. The monoisotopic (exact) mass is 351 g/mol. The lowest BCUT2D eigenvalue weighted by molar-refractivity contribution is 0.102. The Morgan fingerprint density at radius 2 is 2.05 bits per heavy atom. The van der Waals surface area contributed by atoms with Gasteiger partial charge < -0.3 is 0 Å². The number of Topliss-reactive ketones (excluding diaryl/α,β-unsaturated/α-hetero) is 1. The van der Waals surface area contributed by atoms with Gasteiger partial charge in [0.1, 0.15) is 0 Å². The minimum Gasteiger partial charge on any atom is -0.293 e. The van der Waals surface area contributed by atoms with Gasteiger partial charge in [0, 0.05) is 11.3 Å². The first kappa shape index (κ1) is 13.9. The second kappa shape index (κ2) is 5.19. The van der Waals surface area contributed by atoms with Gasteiger partial charge in [-0.2, -0.15) is 4.52 Å². The summed E-state index contributed by atoms with van der Waals surface area (Å²) in [6, 6.07) is 5.18. The minimum absolute atomic E-state index is 0.0113. The Labute approximate surface area is 138 Å². The van der Waals surface area contributed by atoms with Crippen molar-refractivity contribution in [2.45, 2.75) is 5.75 Å². The lowest BCUT2D eigenvalue weighted by Crippen LogP contribution is -2.18. The highest BCUT2D eigenvalue weighted by molar-refractivity contribution is 7.99. The maximum Gasteiger partial charge on any atom is 0.274 e. The third-order valence-corrected chi connectivity index (χ3v) is 5.05. The largest absolute Gasteiger partial charge is 0.293 e. The predicted octanol–water partition coefficient (Wildman–Crippen LogP) is 2.92. The van der Waals surface area contributed by atoms with Crippen LogP contribution in [0.3, 0.4) is 0 Å². The highest BCUT2D eigenvalue weighted by Crippen LogP contribution is 2.34. The first-order valence-electron chi connectivity index (χ1n) is 6.32. The van der Waals surface area contributed by atoms with Gasteiger partial charge in [0.25, 0.3) is 5.78 Å². The van der Waals surface area contributed by atoms with Gasteiger partial charge in [0.2, 0.25) is 0 Å². The number of hydrogen-bond donors (Lipinski definition) is 0. The summed E-state index contributed by atoms with van der Waals surface area (Å²) in [6.07, 6.45) is 0. The van der Waals surface area contributed by atoms with Crippen molar-refractivity contribution in [2.75, 3.05) is 5.75 Å². The van der Waals surface area contributed by atoms with Gasteiger partial charge in [-0.1, -0.05) is 34.4 Å². The molecule has 2 aromatic heterocycles. The molecule has 1 aromatic carbocycles. The first-order valence-corrected chi connectivity index (χ1v) is 8.23. The van der Waals surface area contributed by atoms with E-state index in [2.05, 4.69) is 20.5 Å². The van der Waals surface area contributed by atoms with Crippen LogP contribution in [0.5, 0.6) is 0 Å². The molecule has 0 spiro atoms. The Morgan fingerprint density at radius 1 is 1.18 bits per heavy atom. The van der Waals surface area contributed by atoms with E-state index in [-0.39, 0.29) is 5.78 Å². The normalized spacial score (nSPS) is 14.4. The highest BCUT2D eigenvalue weighted by atomic mass is 35.5. The Balaban J connectivity index is 2.10. The number of hydrogen-bond acceptors (Lipinski definition) is 6. The number of carbonyl (C=O) groups is 1. The molecular weight excluding hydrogens is 345 g/mol. The van der Waals surface area contributed by atoms with Crippen molar-refractivity contribution in [3.8, 4) is 11.3 Å². The molecule has 0 fully saturated rings. The van der Waals surface area contributed by atoms with Crippen molar-refractivity contribution in [1.82, 2.24) is 25.0 Å². The van der Waals surface area contributed by atoms with Crippen molar-refractivity contribution in [3.63, 3.8) is 0 Å². The van der Waals surface area contributed by atoms with Crippen LogP contribution in [0.15, 0.2) is 18.2 Å². The molecule has 0 saturated carbocycles. The number of aromatic nitrogens is 5. The average Bonchev–Trinajstić information content (AvgIpc) is 2.96. The van der Waals surface area contributed by atoms with Crippen molar-refractivity contribution in [3.05, 3.63) is 39.5 Å². The van der Waals surface area contributed by atoms with E-state index in [1.165, 1.54) is 16.3 Å². The van der Waals surface area contributed by atoms with E-state index in [1.54, 1.807) is 18.2 Å². The third kappa shape index (κ3) is 2.08. The van der Waals surface area contributed by atoms with Gasteiger partial charge in [-0.15, -0.1) is 11.8 Å². The van der Waals surface area contributed by atoms with Crippen molar-refractivity contribution < 1.29 is 4.79 Å². The zero-order valence-corrected chi connectivity index (χ0v) is 13.3. The number of thioether (sulfide) groups is 1. The fraction of sp³-hybridized carbons (Fsp3) is 0.154. The summed E-state index contributed by atoms with van der Waals surface area (Å²) in [5, 5.41) is 12.3. The number of rotatable bonds is 1. The fourth-order valence-electron chi connectivity index (χ4n) is 2.44. The van der Waals surface area contributed by atoms with E-state index in [1.807, 2.05) is 0 Å². The van der Waals surface area contributed by atoms with Crippen LogP contribution in [0.25, 0.3) is 17.0 Å². The molecule has 0 aliphatic carbocycles. The molecule has 3 heterocycles. The quantitative estimate of drug-likeness (QED) is 0.671. The Bertz CT molecular complexity index is 926. The number of nitrogens with zero attached hydrogens (tertiary/aromatic N) is 5. The zero-order valence-electron chi connectivity index (χ0n) is 11.0. The summed E-state index contributed by atoms with van der Waals surface area (Å²) in [4.78, 5) is 16.8. The standard InChI is InChI=1S/C13H7Cl2N5OS/c14-7-2-1-6(3-8(7)15)12-11-9(4-22-5-10(11)21)16-13-17-18-19-20(12)13/h1-3H,4-5H2. The molecular formula is C13H7Cl2N5OS. The molecule has 3 aromatic rings. The average molecular weight is 352 g/mol. The minimum atomic E-state index is 0.0113. The van der Waals surface area contributed by atoms with Crippen LogP contribution in [-0.2, 0) is 5.75 Å². The summed E-state index contributed by atoms with van der Waals surface area (Å²) in [5.74, 6) is 1.43. The van der Waals surface area contributed by atoms with E-state index in [9.17, 15) is 4.79 Å². The second-order valence-corrected chi connectivity index (χ2v) is 6.52. The summed E-state index contributed by atoms with van der Waals surface area (Å²) in [7, 11) is 0. The number of benzene rings is 1. The predicted molar refractivity (Wildman–Crippen MR) is 84.5 cm³/mol. The van der Waals surface area contributed by atoms with E-state index in [0.717, 1.165) is 5.56 Å². The highest BCUT2D eigenvalue weighted by Gasteiger charge is 2.27. The van der Waals surface area contributed by atoms with Crippen molar-refractivity contribution >= 4 is 46.5 Å². The molecule has 1 aliphatic rings. The molecule has 9 heteroatoms. The first-order chi connectivity index (χ1) is 10.6. The van der Waals surface area contributed by atoms with Crippen LogP contribution >= 0.6 is 35.0 Å².